The molecule has 0 radical (unpaired) electrons. The van der Waals surface area contributed by atoms with Crippen LogP contribution in [0.2, 0.25) is 5.02 Å². The summed E-state index contributed by atoms with van der Waals surface area (Å²) in [6.07, 6.45) is 4.46. The van der Waals surface area contributed by atoms with E-state index in [0.29, 0.717) is 0 Å². The van der Waals surface area contributed by atoms with Crippen LogP contribution < -0.4 is 0 Å². The van der Waals surface area contributed by atoms with Crippen molar-refractivity contribution in [1.82, 2.24) is 14.5 Å². The summed E-state index contributed by atoms with van der Waals surface area (Å²) in [5.41, 5.74) is 3.19. The van der Waals surface area contributed by atoms with Crippen molar-refractivity contribution in [3.63, 3.8) is 0 Å². The van der Waals surface area contributed by atoms with Gasteiger partial charge in [-0.15, -0.1) is 0 Å². The quantitative estimate of drug-likeness (QED) is 0.706. The molecule has 1 unspecified atom stereocenters. The number of likely N-dealkylation sites (tertiary alicyclic amines) is 1. The lowest BCUT2D eigenvalue weighted by Crippen LogP contribution is -2.47. The third kappa shape index (κ3) is 2.35. The molecule has 0 amide bonds. The van der Waals surface area contributed by atoms with Crippen LogP contribution in [0.15, 0.2) is 54.9 Å². The number of rotatable bonds is 3. The van der Waals surface area contributed by atoms with Crippen molar-refractivity contribution >= 4 is 22.6 Å². The summed E-state index contributed by atoms with van der Waals surface area (Å²) in [6, 6.07) is 16.5. The van der Waals surface area contributed by atoms with Gasteiger partial charge in [-0.1, -0.05) is 35.9 Å². The van der Waals surface area contributed by atoms with Gasteiger partial charge in [0.15, 0.2) is 0 Å². The van der Waals surface area contributed by atoms with E-state index < -0.39 is 0 Å². The Morgan fingerprint density at radius 2 is 1.70 bits per heavy atom. The molecule has 1 atom stereocenters. The third-order valence-corrected chi connectivity index (χ3v) is 5.29. The minimum Gasteiger partial charge on any atom is -0.307 e. The minimum absolute atomic E-state index is 0.253. The molecule has 1 aliphatic rings. The number of imidazole rings is 1. The summed E-state index contributed by atoms with van der Waals surface area (Å²) in [6.45, 7) is 4.49. The molecule has 3 nitrogen and oxygen atoms in total. The topological polar surface area (TPSA) is 21.1 Å². The van der Waals surface area contributed by atoms with Crippen LogP contribution in [0, 0.1) is 0 Å². The van der Waals surface area contributed by atoms with Crippen LogP contribution in [0.1, 0.15) is 25.3 Å². The molecule has 0 spiro atoms. The predicted octanol–water partition coefficient (Wildman–Crippen LogP) is 4.51. The van der Waals surface area contributed by atoms with E-state index in [4.69, 9.17) is 11.6 Å². The number of benzene rings is 2. The smallest absolute Gasteiger partial charge is 0.122 e. The van der Waals surface area contributed by atoms with Gasteiger partial charge in [-0.05, 0) is 49.6 Å². The Balaban J connectivity index is 1.93. The number of hydrogen-bond acceptors (Lipinski definition) is 2. The third-order valence-electron chi connectivity index (χ3n) is 5.04. The highest BCUT2D eigenvalue weighted by molar-refractivity contribution is 6.30. The zero-order chi connectivity index (χ0) is 15.9. The fourth-order valence-electron chi connectivity index (χ4n) is 3.70. The van der Waals surface area contributed by atoms with Crippen molar-refractivity contribution < 1.29 is 0 Å². The summed E-state index contributed by atoms with van der Waals surface area (Å²) in [7, 11) is 0. The maximum Gasteiger partial charge on any atom is 0.122 e. The lowest BCUT2D eigenvalue weighted by molar-refractivity contribution is 0.106. The molecule has 0 saturated carbocycles. The normalized spacial score (nSPS) is 18.3. The fourth-order valence-corrected chi connectivity index (χ4v) is 3.82. The molecule has 3 aromatic rings. The maximum absolute atomic E-state index is 6.11. The molecule has 0 bridgehead atoms. The first kappa shape index (κ1) is 14.7. The summed E-state index contributed by atoms with van der Waals surface area (Å²) >= 11 is 6.11. The number of nitrogens with zero attached hydrogens (tertiary/aromatic N) is 3. The molecule has 1 fully saturated rings. The Labute approximate surface area is 141 Å². The summed E-state index contributed by atoms with van der Waals surface area (Å²) in [5, 5.41) is 0.771. The van der Waals surface area contributed by atoms with Crippen LogP contribution >= 0.6 is 11.6 Å². The van der Waals surface area contributed by atoms with E-state index in [-0.39, 0.29) is 5.66 Å². The molecule has 4 rings (SSSR count). The van der Waals surface area contributed by atoms with E-state index in [1.54, 1.807) is 0 Å². The highest BCUT2D eigenvalue weighted by atomic mass is 35.5. The van der Waals surface area contributed by atoms with Crippen molar-refractivity contribution in [2.24, 2.45) is 0 Å². The van der Waals surface area contributed by atoms with Crippen LogP contribution in [0.5, 0.6) is 0 Å². The van der Waals surface area contributed by atoms with E-state index >= 15 is 0 Å². The fraction of sp³-hybridized carbons (Fsp3) is 0.316. The van der Waals surface area contributed by atoms with Crippen molar-refractivity contribution in [2.75, 3.05) is 13.1 Å². The van der Waals surface area contributed by atoms with Gasteiger partial charge in [-0.2, -0.15) is 0 Å². The Morgan fingerprint density at radius 1 is 1.00 bits per heavy atom. The molecule has 0 N–H and O–H groups in total. The predicted molar refractivity (Wildman–Crippen MR) is 94.7 cm³/mol. The Kier molecular flexibility index (Phi) is 3.63. The van der Waals surface area contributed by atoms with E-state index in [2.05, 4.69) is 51.7 Å². The van der Waals surface area contributed by atoms with Gasteiger partial charge in [0.1, 0.15) is 5.66 Å². The number of aromatic nitrogens is 2. The zero-order valence-electron chi connectivity index (χ0n) is 13.2. The van der Waals surface area contributed by atoms with Gasteiger partial charge in [-0.3, -0.25) is 4.90 Å². The van der Waals surface area contributed by atoms with Crippen LogP contribution in [-0.4, -0.2) is 27.5 Å². The molecule has 4 heteroatoms. The SMILES string of the molecule is CC(c1ccc(Cl)cc1)(N1CCCC1)n1cnc2ccccc21. The van der Waals surface area contributed by atoms with Gasteiger partial charge in [-0.25, -0.2) is 4.98 Å². The highest BCUT2D eigenvalue weighted by Crippen LogP contribution is 2.36. The van der Waals surface area contributed by atoms with E-state index in [1.807, 2.05) is 24.5 Å². The number of halogens is 1. The Bertz CT molecular complexity index is 818. The van der Waals surface area contributed by atoms with Crippen molar-refractivity contribution in [3.05, 3.63) is 65.4 Å². The molecule has 2 heterocycles. The summed E-state index contributed by atoms with van der Waals surface area (Å²) in [4.78, 5) is 7.16. The van der Waals surface area contributed by atoms with E-state index in [0.717, 1.165) is 29.1 Å². The van der Waals surface area contributed by atoms with Crippen molar-refractivity contribution in [2.45, 2.75) is 25.4 Å². The monoisotopic (exact) mass is 325 g/mol. The molecule has 1 aromatic heterocycles. The summed E-state index contributed by atoms with van der Waals surface area (Å²) < 4.78 is 2.30. The average molecular weight is 326 g/mol. The number of para-hydroxylation sites is 2. The Hall–Kier alpha value is -1.84. The maximum atomic E-state index is 6.11. The van der Waals surface area contributed by atoms with Gasteiger partial charge in [0, 0.05) is 18.1 Å². The first-order valence-electron chi connectivity index (χ1n) is 8.13. The molecular weight excluding hydrogens is 306 g/mol. The second-order valence-corrected chi connectivity index (χ2v) is 6.76. The standard InChI is InChI=1S/C19H20ClN3/c1-19(22-12-4-5-13-22,15-8-10-16(20)11-9-15)23-14-21-17-6-2-3-7-18(17)23/h2-3,6-11,14H,4-5,12-13H2,1H3. The molecule has 1 aliphatic heterocycles. The first-order valence-corrected chi connectivity index (χ1v) is 8.51. The average Bonchev–Trinajstić information content (AvgIpc) is 3.25. The molecule has 0 aliphatic carbocycles. The highest BCUT2D eigenvalue weighted by Gasteiger charge is 2.37. The summed E-state index contributed by atoms with van der Waals surface area (Å²) in [5.74, 6) is 0. The van der Waals surface area contributed by atoms with Gasteiger partial charge in [0.2, 0.25) is 0 Å². The second-order valence-electron chi connectivity index (χ2n) is 6.33. The van der Waals surface area contributed by atoms with Crippen LogP contribution in [0.25, 0.3) is 11.0 Å². The van der Waals surface area contributed by atoms with Crippen LogP contribution in [0.4, 0.5) is 0 Å². The lowest BCUT2D eigenvalue weighted by atomic mass is 9.98. The van der Waals surface area contributed by atoms with E-state index in [1.165, 1.54) is 18.4 Å². The largest absolute Gasteiger partial charge is 0.307 e. The number of hydrogen-bond donors (Lipinski definition) is 0. The van der Waals surface area contributed by atoms with Gasteiger partial charge in [0.25, 0.3) is 0 Å². The second kappa shape index (κ2) is 5.66. The molecule has 1 saturated heterocycles. The lowest BCUT2D eigenvalue weighted by Gasteiger charge is -2.41. The van der Waals surface area contributed by atoms with Crippen molar-refractivity contribution in [3.8, 4) is 0 Å². The van der Waals surface area contributed by atoms with Crippen LogP contribution in [0.3, 0.4) is 0 Å². The molecule has 2 aromatic carbocycles. The van der Waals surface area contributed by atoms with Crippen LogP contribution in [-0.2, 0) is 5.66 Å². The van der Waals surface area contributed by atoms with Gasteiger partial charge >= 0.3 is 0 Å². The van der Waals surface area contributed by atoms with E-state index in [9.17, 15) is 0 Å². The van der Waals surface area contributed by atoms with Gasteiger partial charge < -0.3 is 4.57 Å². The Morgan fingerprint density at radius 3 is 2.43 bits per heavy atom. The zero-order valence-corrected chi connectivity index (χ0v) is 14.0. The van der Waals surface area contributed by atoms with Gasteiger partial charge in [0.05, 0.1) is 17.4 Å². The van der Waals surface area contributed by atoms with Crippen molar-refractivity contribution in [1.29, 1.82) is 0 Å². The first-order chi connectivity index (χ1) is 11.2. The molecule has 118 valence electrons. The molecule has 23 heavy (non-hydrogen) atoms. The molecular formula is C19H20ClN3. The minimum atomic E-state index is -0.253. The number of fused-ring (bicyclic) bond motifs is 1.